The highest BCUT2D eigenvalue weighted by Crippen LogP contribution is 2.20. The molecule has 3 rings (SSSR count). The SMILES string of the molecule is CCNS(=O)(=O)c1ccc(CCC(=O)N(Cc2ccc(F)cc2)[C@H](C)C(=O)NCCC2=CCCCC2)cc1. The van der Waals surface area contributed by atoms with Gasteiger partial charge in [-0.3, -0.25) is 9.59 Å². The van der Waals surface area contributed by atoms with Crippen molar-refractivity contribution in [1.29, 1.82) is 0 Å². The molecule has 0 heterocycles. The van der Waals surface area contributed by atoms with Gasteiger partial charge in [-0.2, -0.15) is 0 Å². The molecule has 0 radical (unpaired) electrons. The summed E-state index contributed by atoms with van der Waals surface area (Å²) in [5.41, 5.74) is 2.91. The predicted octanol–water partition coefficient (Wildman–Crippen LogP) is 4.48. The van der Waals surface area contributed by atoms with Crippen LogP contribution in [0.25, 0.3) is 0 Å². The Morgan fingerprint density at radius 3 is 2.32 bits per heavy atom. The van der Waals surface area contributed by atoms with Gasteiger partial charge in [-0.15, -0.1) is 0 Å². The smallest absolute Gasteiger partial charge is 0.242 e. The minimum Gasteiger partial charge on any atom is -0.354 e. The largest absolute Gasteiger partial charge is 0.354 e. The Morgan fingerprint density at radius 2 is 1.68 bits per heavy atom. The lowest BCUT2D eigenvalue weighted by molar-refractivity contribution is -0.140. The third kappa shape index (κ3) is 8.77. The van der Waals surface area contributed by atoms with E-state index in [1.54, 1.807) is 38.1 Å². The fraction of sp³-hybridized carbons (Fsp3) is 0.448. The molecule has 38 heavy (non-hydrogen) atoms. The minimum atomic E-state index is -3.55. The van der Waals surface area contributed by atoms with Crippen LogP contribution in [0.5, 0.6) is 0 Å². The average Bonchev–Trinajstić information content (AvgIpc) is 2.91. The molecule has 2 aromatic carbocycles. The van der Waals surface area contributed by atoms with E-state index in [0.717, 1.165) is 30.4 Å². The summed E-state index contributed by atoms with van der Waals surface area (Å²) in [6, 6.07) is 11.6. The number of benzene rings is 2. The Labute approximate surface area is 225 Å². The first-order valence-corrected chi connectivity index (χ1v) is 14.8. The van der Waals surface area contributed by atoms with Gasteiger partial charge in [-0.25, -0.2) is 17.5 Å². The van der Waals surface area contributed by atoms with Crippen molar-refractivity contribution < 1.29 is 22.4 Å². The molecule has 0 aliphatic heterocycles. The molecular weight excluding hydrogens is 505 g/mol. The van der Waals surface area contributed by atoms with Crippen molar-refractivity contribution in [1.82, 2.24) is 14.9 Å². The van der Waals surface area contributed by atoms with Crippen molar-refractivity contribution in [2.45, 2.75) is 76.3 Å². The van der Waals surface area contributed by atoms with Crippen molar-refractivity contribution in [2.24, 2.45) is 0 Å². The summed E-state index contributed by atoms with van der Waals surface area (Å²) in [5, 5.41) is 2.97. The zero-order valence-electron chi connectivity index (χ0n) is 22.2. The molecule has 0 spiro atoms. The number of carbonyl (C=O) groups excluding carboxylic acids is 2. The number of hydrogen-bond donors (Lipinski definition) is 2. The van der Waals surface area contributed by atoms with Crippen LogP contribution in [0.2, 0.25) is 0 Å². The number of nitrogens with zero attached hydrogens (tertiary/aromatic N) is 1. The third-order valence-corrected chi connectivity index (χ3v) is 8.32. The molecule has 0 saturated carbocycles. The van der Waals surface area contributed by atoms with Gasteiger partial charge >= 0.3 is 0 Å². The van der Waals surface area contributed by atoms with Crippen LogP contribution in [0.3, 0.4) is 0 Å². The summed E-state index contributed by atoms with van der Waals surface area (Å²) >= 11 is 0. The predicted molar refractivity (Wildman–Crippen MR) is 146 cm³/mol. The van der Waals surface area contributed by atoms with Crippen molar-refractivity contribution in [3.05, 3.63) is 77.1 Å². The second-order valence-electron chi connectivity index (χ2n) is 9.62. The van der Waals surface area contributed by atoms with Crippen LogP contribution in [0.4, 0.5) is 4.39 Å². The zero-order valence-corrected chi connectivity index (χ0v) is 23.0. The normalized spacial score (nSPS) is 14.4. The number of hydrogen-bond acceptors (Lipinski definition) is 4. The van der Waals surface area contributed by atoms with E-state index in [2.05, 4.69) is 16.1 Å². The van der Waals surface area contributed by atoms with Gasteiger partial charge in [-0.05, 0) is 80.8 Å². The van der Waals surface area contributed by atoms with Crippen LogP contribution >= 0.6 is 0 Å². The summed E-state index contributed by atoms with van der Waals surface area (Å²) in [5.74, 6) is -0.805. The van der Waals surface area contributed by atoms with E-state index >= 15 is 0 Å². The minimum absolute atomic E-state index is 0.144. The molecule has 2 N–H and O–H groups in total. The fourth-order valence-electron chi connectivity index (χ4n) is 4.50. The van der Waals surface area contributed by atoms with E-state index in [1.165, 1.54) is 47.6 Å². The molecule has 1 atom stereocenters. The van der Waals surface area contributed by atoms with Crippen molar-refractivity contribution >= 4 is 21.8 Å². The number of aryl methyl sites for hydroxylation is 1. The van der Waals surface area contributed by atoms with Crippen LogP contribution in [0.1, 0.15) is 63.5 Å². The number of halogens is 1. The Bertz CT molecular complexity index is 1210. The van der Waals surface area contributed by atoms with Crippen molar-refractivity contribution in [3.63, 3.8) is 0 Å². The Kier molecular flexibility index (Phi) is 11.0. The lowest BCUT2D eigenvalue weighted by Gasteiger charge is -2.29. The van der Waals surface area contributed by atoms with Gasteiger partial charge < -0.3 is 10.2 Å². The van der Waals surface area contributed by atoms with Gasteiger partial charge in [0.1, 0.15) is 11.9 Å². The average molecular weight is 544 g/mol. The molecular formula is C29H38FN3O4S. The maximum Gasteiger partial charge on any atom is 0.242 e. The Morgan fingerprint density at radius 1 is 1.00 bits per heavy atom. The molecule has 0 saturated heterocycles. The topological polar surface area (TPSA) is 95.6 Å². The molecule has 0 bridgehead atoms. The standard InChI is InChI=1S/C29H38FN3O4S/c1-3-32-38(36,37)27-16-11-24(12-17-27)13-18-28(34)33(21-25-9-14-26(30)15-10-25)22(2)29(35)31-20-19-23-7-5-4-6-8-23/h7,9-12,14-17,22,32H,3-6,8,13,18-21H2,1-2H3,(H,31,35)/t22-/m1/s1. The molecule has 0 aromatic heterocycles. The Balaban J connectivity index is 1.64. The summed E-state index contributed by atoms with van der Waals surface area (Å²) in [6.45, 7) is 4.42. The number of amides is 2. The number of nitrogens with one attached hydrogen (secondary N) is 2. The lowest BCUT2D eigenvalue weighted by atomic mass is 9.97. The van der Waals surface area contributed by atoms with E-state index < -0.39 is 16.1 Å². The molecule has 0 fully saturated rings. The van der Waals surface area contributed by atoms with E-state index in [1.807, 2.05) is 0 Å². The highest BCUT2D eigenvalue weighted by atomic mass is 32.2. The first-order chi connectivity index (χ1) is 18.2. The second-order valence-corrected chi connectivity index (χ2v) is 11.4. The summed E-state index contributed by atoms with van der Waals surface area (Å²) in [6.07, 6.45) is 8.16. The molecule has 1 aliphatic carbocycles. The van der Waals surface area contributed by atoms with Crippen LogP contribution in [0, 0.1) is 5.82 Å². The first kappa shape index (κ1) is 29.5. The zero-order chi connectivity index (χ0) is 27.5. The van der Waals surface area contributed by atoms with Gasteiger partial charge in [0.15, 0.2) is 0 Å². The van der Waals surface area contributed by atoms with E-state index in [-0.39, 0.29) is 35.5 Å². The monoisotopic (exact) mass is 543 g/mol. The maximum atomic E-state index is 13.4. The van der Waals surface area contributed by atoms with Gasteiger partial charge in [0.05, 0.1) is 4.90 Å². The number of sulfonamides is 1. The molecule has 7 nitrogen and oxygen atoms in total. The molecule has 9 heteroatoms. The van der Waals surface area contributed by atoms with Gasteiger partial charge in [0.25, 0.3) is 0 Å². The number of allylic oxidation sites excluding steroid dienone is 1. The molecule has 0 unspecified atom stereocenters. The van der Waals surface area contributed by atoms with Gasteiger partial charge in [0.2, 0.25) is 21.8 Å². The first-order valence-electron chi connectivity index (χ1n) is 13.3. The molecule has 2 amide bonds. The van der Waals surface area contributed by atoms with E-state index in [4.69, 9.17) is 0 Å². The Hall–Kier alpha value is -3.04. The van der Waals surface area contributed by atoms with E-state index in [9.17, 15) is 22.4 Å². The maximum absolute atomic E-state index is 13.4. The quantitative estimate of drug-likeness (QED) is 0.364. The van der Waals surface area contributed by atoms with Crippen molar-refractivity contribution in [3.8, 4) is 0 Å². The highest BCUT2D eigenvalue weighted by Gasteiger charge is 2.26. The van der Waals surface area contributed by atoms with Crippen molar-refractivity contribution in [2.75, 3.05) is 13.1 Å². The summed E-state index contributed by atoms with van der Waals surface area (Å²) in [4.78, 5) is 28.0. The summed E-state index contributed by atoms with van der Waals surface area (Å²) in [7, 11) is -3.55. The van der Waals surface area contributed by atoms with Crippen LogP contribution < -0.4 is 10.0 Å². The third-order valence-electron chi connectivity index (χ3n) is 6.76. The van der Waals surface area contributed by atoms with Gasteiger partial charge in [-0.1, -0.05) is 42.8 Å². The molecule has 1 aliphatic rings. The lowest BCUT2D eigenvalue weighted by Crippen LogP contribution is -2.47. The van der Waals surface area contributed by atoms with Gasteiger partial charge in [0, 0.05) is 26.1 Å². The van der Waals surface area contributed by atoms with E-state index in [0.29, 0.717) is 19.5 Å². The second kappa shape index (κ2) is 14.2. The molecule has 206 valence electrons. The van der Waals surface area contributed by atoms with Crippen LogP contribution in [-0.4, -0.2) is 44.3 Å². The number of carbonyl (C=O) groups is 2. The summed E-state index contributed by atoms with van der Waals surface area (Å²) < 4.78 is 40.2. The number of rotatable bonds is 13. The van der Waals surface area contributed by atoms with Crippen LogP contribution in [-0.2, 0) is 32.6 Å². The van der Waals surface area contributed by atoms with Crippen LogP contribution in [0.15, 0.2) is 65.1 Å². The fourth-order valence-corrected chi connectivity index (χ4v) is 5.54. The highest BCUT2D eigenvalue weighted by molar-refractivity contribution is 7.89. The molecule has 2 aromatic rings.